The van der Waals surface area contributed by atoms with Gasteiger partial charge in [0.2, 0.25) is 0 Å². The minimum absolute atomic E-state index is 0.0351. The summed E-state index contributed by atoms with van der Waals surface area (Å²) in [5, 5.41) is 0. The summed E-state index contributed by atoms with van der Waals surface area (Å²) in [5.41, 5.74) is 8.61. The third kappa shape index (κ3) is 5.44. The number of hydrogen-bond donors (Lipinski definition) is 1. The van der Waals surface area contributed by atoms with Gasteiger partial charge in [0.1, 0.15) is 5.82 Å². The van der Waals surface area contributed by atoms with Crippen LogP contribution < -0.4 is 15.4 Å². The number of aromatic nitrogens is 2. The summed E-state index contributed by atoms with van der Waals surface area (Å²) >= 11 is 0. The molecule has 2 atom stereocenters. The Hall–Kier alpha value is -2.96. The molecule has 1 aliphatic heterocycles. The molecule has 0 aliphatic carbocycles. The summed E-state index contributed by atoms with van der Waals surface area (Å²) in [6.45, 7) is 12.8. The van der Waals surface area contributed by atoms with Gasteiger partial charge in [-0.25, -0.2) is 9.97 Å². The van der Waals surface area contributed by atoms with Crippen molar-refractivity contribution in [2.24, 2.45) is 11.7 Å². The fourth-order valence-electron chi connectivity index (χ4n) is 4.39. The highest BCUT2D eigenvalue weighted by Gasteiger charge is 2.28. The molecule has 1 saturated heterocycles. The molecule has 0 spiro atoms. The zero-order valence-electron chi connectivity index (χ0n) is 19.9. The fraction of sp³-hybridized carbons (Fsp3) is 0.520. The Morgan fingerprint density at radius 2 is 1.84 bits per heavy atom. The molecule has 1 aromatic heterocycles. The number of ether oxygens (including phenoxy) is 1. The zero-order valence-corrected chi connectivity index (χ0v) is 19.9. The van der Waals surface area contributed by atoms with Crippen molar-refractivity contribution in [1.82, 2.24) is 9.97 Å². The van der Waals surface area contributed by atoms with Gasteiger partial charge in [0.25, 0.3) is 5.91 Å². The SMILES string of the molecule is CC(=O)Oc1c(C)nc(CC2CCN(c3ccc(C(C)(C)C)cc3)C(C)C2)nc1C(N)=O. The standard InChI is InChI=1S/C25H34N4O3/c1-15-13-18(11-12-29(15)20-9-7-19(8-10-20)25(4,5)6)14-21-27-16(2)23(32-17(3)30)22(28-21)24(26)31/h7-10,15,18H,11-14H2,1-6H3,(H2,26,31). The summed E-state index contributed by atoms with van der Waals surface area (Å²) in [5.74, 6) is -0.253. The maximum absolute atomic E-state index is 11.9. The molecule has 2 N–H and O–H groups in total. The Kier molecular flexibility index (Phi) is 6.86. The van der Waals surface area contributed by atoms with Gasteiger partial charge >= 0.3 is 5.97 Å². The third-order valence-corrected chi connectivity index (χ3v) is 6.08. The van der Waals surface area contributed by atoms with Crippen molar-refractivity contribution >= 4 is 17.6 Å². The number of nitrogens with two attached hydrogens (primary N) is 1. The molecule has 32 heavy (non-hydrogen) atoms. The van der Waals surface area contributed by atoms with Crippen LogP contribution in [0.4, 0.5) is 5.69 Å². The lowest BCUT2D eigenvalue weighted by molar-refractivity contribution is -0.132. The van der Waals surface area contributed by atoms with Crippen LogP contribution in [0.1, 0.15) is 75.0 Å². The summed E-state index contributed by atoms with van der Waals surface area (Å²) in [7, 11) is 0. The Labute approximate surface area is 190 Å². The quantitative estimate of drug-likeness (QED) is 0.710. The molecule has 1 fully saturated rings. The van der Waals surface area contributed by atoms with Gasteiger partial charge in [0.15, 0.2) is 11.4 Å². The minimum atomic E-state index is -0.727. The number of nitrogens with zero attached hydrogens (tertiary/aromatic N) is 3. The van der Waals surface area contributed by atoms with Crippen molar-refractivity contribution in [2.45, 2.75) is 72.3 Å². The molecular weight excluding hydrogens is 404 g/mol. The Morgan fingerprint density at radius 3 is 2.38 bits per heavy atom. The van der Waals surface area contributed by atoms with Crippen molar-refractivity contribution in [2.75, 3.05) is 11.4 Å². The van der Waals surface area contributed by atoms with Crippen LogP contribution in [0, 0.1) is 12.8 Å². The van der Waals surface area contributed by atoms with Crippen LogP contribution in [0.25, 0.3) is 0 Å². The van der Waals surface area contributed by atoms with Gasteiger partial charge in [0, 0.05) is 31.6 Å². The molecule has 1 aliphatic rings. The van der Waals surface area contributed by atoms with E-state index in [4.69, 9.17) is 10.5 Å². The van der Waals surface area contributed by atoms with Crippen LogP contribution in [0.5, 0.6) is 5.75 Å². The first-order valence-corrected chi connectivity index (χ1v) is 11.2. The van der Waals surface area contributed by atoms with Gasteiger partial charge in [0.05, 0.1) is 5.69 Å². The average Bonchev–Trinajstić information content (AvgIpc) is 2.69. The predicted octanol–water partition coefficient (Wildman–Crippen LogP) is 3.95. The van der Waals surface area contributed by atoms with Gasteiger partial charge in [-0.05, 0) is 55.7 Å². The molecule has 2 heterocycles. The van der Waals surface area contributed by atoms with Gasteiger partial charge in [-0.15, -0.1) is 0 Å². The number of hydrogen-bond acceptors (Lipinski definition) is 6. The number of anilines is 1. The molecule has 3 rings (SSSR count). The number of aryl methyl sites for hydroxylation is 1. The van der Waals surface area contributed by atoms with Crippen molar-refractivity contribution in [3.63, 3.8) is 0 Å². The zero-order chi connectivity index (χ0) is 23.6. The van der Waals surface area contributed by atoms with E-state index in [0.29, 0.717) is 29.9 Å². The summed E-state index contributed by atoms with van der Waals surface area (Å²) in [4.78, 5) is 34.5. The molecule has 7 nitrogen and oxygen atoms in total. The molecule has 0 bridgehead atoms. The molecule has 1 aromatic carbocycles. The molecular formula is C25H34N4O3. The number of carbonyl (C=O) groups is 2. The lowest BCUT2D eigenvalue weighted by atomic mass is 9.86. The van der Waals surface area contributed by atoms with Gasteiger partial charge < -0.3 is 15.4 Å². The maximum atomic E-state index is 11.9. The van der Waals surface area contributed by atoms with Crippen LogP contribution in [0.3, 0.4) is 0 Å². The van der Waals surface area contributed by atoms with Crippen LogP contribution in [0.15, 0.2) is 24.3 Å². The lowest BCUT2D eigenvalue weighted by Crippen LogP contribution is -2.41. The van der Waals surface area contributed by atoms with Crippen LogP contribution in [-0.2, 0) is 16.6 Å². The van der Waals surface area contributed by atoms with Gasteiger partial charge in [-0.3, -0.25) is 9.59 Å². The number of carbonyl (C=O) groups excluding carboxylic acids is 2. The number of amides is 1. The summed E-state index contributed by atoms with van der Waals surface area (Å²) < 4.78 is 5.12. The number of benzene rings is 1. The van der Waals surface area contributed by atoms with Crippen molar-refractivity contribution in [1.29, 1.82) is 0 Å². The smallest absolute Gasteiger partial charge is 0.308 e. The van der Waals surface area contributed by atoms with Gasteiger partial charge in [-0.2, -0.15) is 0 Å². The second-order valence-corrected chi connectivity index (χ2v) is 9.79. The molecule has 7 heteroatoms. The number of piperidine rings is 1. The van der Waals surface area contributed by atoms with E-state index < -0.39 is 11.9 Å². The molecule has 0 saturated carbocycles. The second-order valence-electron chi connectivity index (χ2n) is 9.79. The van der Waals surface area contributed by atoms with Crippen LogP contribution >= 0.6 is 0 Å². The molecule has 1 amide bonds. The Bertz CT molecular complexity index is 995. The average molecular weight is 439 g/mol. The highest BCUT2D eigenvalue weighted by atomic mass is 16.5. The topological polar surface area (TPSA) is 98.4 Å². The first-order valence-electron chi connectivity index (χ1n) is 11.2. The van der Waals surface area contributed by atoms with Crippen LogP contribution in [-0.4, -0.2) is 34.4 Å². The molecule has 2 aromatic rings. The first kappa shape index (κ1) is 23.7. The van der Waals surface area contributed by atoms with E-state index in [1.807, 2.05) is 0 Å². The van der Waals surface area contributed by atoms with E-state index in [9.17, 15) is 9.59 Å². The minimum Gasteiger partial charge on any atom is -0.422 e. The number of rotatable bonds is 5. The van der Waals surface area contributed by atoms with E-state index in [1.54, 1.807) is 6.92 Å². The van der Waals surface area contributed by atoms with Gasteiger partial charge in [-0.1, -0.05) is 32.9 Å². The fourth-order valence-corrected chi connectivity index (χ4v) is 4.39. The maximum Gasteiger partial charge on any atom is 0.308 e. The summed E-state index contributed by atoms with van der Waals surface area (Å²) in [6, 6.07) is 9.26. The monoisotopic (exact) mass is 438 g/mol. The van der Waals surface area contributed by atoms with Crippen molar-refractivity contribution < 1.29 is 14.3 Å². The second kappa shape index (κ2) is 9.27. The largest absolute Gasteiger partial charge is 0.422 e. The number of esters is 1. The molecule has 0 radical (unpaired) electrons. The summed E-state index contributed by atoms with van der Waals surface area (Å²) in [6.07, 6.45) is 2.66. The first-order chi connectivity index (χ1) is 15.0. The Morgan fingerprint density at radius 1 is 1.19 bits per heavy atom. The highest BCUT2D eigenvalue weighted by molar-refractivity contribution is 5.94. The predicted molar refractivity (Wildman–Crippen MR) is 125 cm³/mol. The van der Waals surface area contributed by atoms with Crippen molar-refractivity contribution in [3.05, 3.63) is 47.0 Å². The van der Waals surface area contributed by atoms with E-state index in [1.165, 1.54) is 18.2 Å². The van der Waals surface area contributed by atoms with E-state index >= 15 is 0 Å². The molecule has 2 unspecified atom stereocenters. The molecule has 172 valence electrons. The lowest BCUT2D eigenvalue weighted by Gasteiger charge is -2.39. The van der Waals surface area contributed by atoms with E-state index in [2.05, 4.69) is 66.8 Å². The normalized spacial score (nSPS) is 19.0. The van der Waals surface area contributed by atoms with Crippen LogP contribution in [0.2, 0.25) is 0 Å². The number of primary amides is 1. The highest BCUT2D eigenvalue weighted by Crippen LogP contribution is 2.32. The third-order valence-electron chi connectivity index (χ3n) is 6.08. The van der Waals surface area contributed by atoms with E-state index in [-0.39, 0.29) is 16.9 Å². The van der Waals surface area contributed by atoms with E-state index in [0.717, 1.165) is 19.4 Å². The van der Waals surface area contributed by atoms with Crippen molar-refractivity contribution in [3.8, 4) is 5.75 Å². The Balaban J connectivity index is 1.71.